The summed E-state index contributed by atoms with van der Waals surface area (Å²) in [4.78, 5) is 17.8. The molecule has 0 bridgehead atoms. The van der Waals surface area contributed by atoms with Crippen LogP contribution in [0.15, 0.2) is 11.4 Å². The molecule has 19 heavy (non-hydrogen) atoms. The van der Waals surface area contributed by atoms with Crippen LogP contribution in [0.1, 0.15) is 23.8 Å². The summed E-state index contributed by atoms with van der Waals surface area (Å²) in [6.45, 7) is 5.94. The van der Waals surface area contributed by atoms with Crippen LogP contribution in [0.3, 0.4) is 0 Å². The molecule has 4 nitrogen and oxygen atoms in total. The molecule has 0 saturated heterocycles. The maximum absolute atomic E-state index is 12.3. The highest BCUT2D eigenvalue weighted by molar-refractivity contribution is 7.10. The van der Waals surface area contributed by atoms with Gasteiger partial charge >= 0.3 is 0 Å². The van der Waals surface area contributed by atoms with E-state index in [2.05, 4.69) is 23.3 Å². The molecule has 0 saturated carbocycles. The van der Waals surface area contributed by atoms with Crippen LogP contribution in [0.25, 0.3) is 0 Å². The summed E-state index contributed by atoms with van der Waals surface area (Å²) in [6.07, 6.45) is 1.72. The van der Waals surface area contributed by atoms with Gasteiger partial charge in [-0.15, -0.1) is 11.3 Å². The molecular formula is C14H22N2O2S. The molecule has 0 fully saturated rings. The Morgan fingerprint density at radius 1 is 1.58 bits per heavy atom. The summed E-state index contributed by atoms with van der Waals surface area (Å²) in [5, 5.41) is 11.0. The average molecular weight is 282 g/mol. The largest absolute Gasteiger partial charge is 0.396 e. The van der Waals surface area contributed by atoms with E-state index in [1.165, 1.54) is 10.4 Å². The van der Waals surface area contributed by atoms with Gasteiger partial charge in [0, 0.05) is 31.1 Å². The van der Waals surface area contributed by atoms with Gasteiger partial charge in [-0.05, 0) is 36.4 Å². The van der Waals surface area contributed by atoms with Crippen LogP contribution >= 0.6 is 11.3 Å². The summed E-state index contributed by atoms with van der Waals surface area (Å²) < 4.78 is 0. The minimum atomic E-state index is 0.187. The van der Waals surface area contributed by atoms with Crippen molar-refractivity contribution in [2.45, 2.75) is 26.3 Å². The van der Waals surface area contributed by atoms with Crippen molar-refractivity contribution >= 4 is 17.2 Å². The highest BCUT2D eigenvalue weighted by atomic mass is 32.1. The average Bonchev–Trinajstić information content (AvgIpc) is 2.90. The normalized spacial score (nSPS) is 14.8. The predicted molar refractivity (Wildman–Crippen MR) is 77.3 cm³/mol. The number of carbonyl (C=O) groups excluding carboxylic acids is 1. The van der Waals surface area contributed by atoms with Crippen LogP contribution in [0, 0.1) is 0 Å². The van der Waals surface area contributed by atoms with Crippen LogP contribution in [-0.2, 0) is 17.8 Å². The molecule has 1 aromatic rings. The van der Waals surface area contributed by atoms with E-state index in [1.807, 2.05) is 4.90 Å². The molecule has 1 amide bonds. The highest BCUT2D eigenvalue weighted by Crippen LogP contribution is 2.23. The highest BCUT2D eigenvalue weighted by Gasteiger charge is 2.22. The quantitative estimate of drug-likeness (QED) is 0.856. The minimum absolute atomic E-state index is 0.187. The third-order valence-corrected chi connectivity index (χ3v) is 4.62. The zero-order chi connectivity index (χ0) is 13.7. The number of aliphatic hydroxyl groups is 1. The van der Waals surface area contributed by atoms with E-state index in [-0.39, 0.29) is 12.5 Å². The van der Waals surface area contributed by atoms with E-state index in [9.17, 15) is 4.79 Å². The second-order valence-electron chi connectivity index (χ2n) is 4.88. The lowest BCUT2D eigenvalue weighted by Crippen LogP contribution is -2.42. The molecule has 1 aromatic heterocycles. The van der Waals surface area contributed by atoms with Gasteiger partial charge in [0.1, 0.15) is 0 Å². The second-order valence-corrected chi connectivity index (χ2v) is 5.88. The fraction of sp³-hybridized carbons (Fsp3) is 0.643. The number of carbonyl (C=O) groups is 1. The van der Waals surface area contributed by atoms with Gasteiger partial charge in [-0.1, -0.05) is 6.92 Å². The molecule has 2 heterocycles. The van der Waals surface area contributed by atoms with E-state index < -0.39 is 0 Å². The van der Waals surface area contributed by atoms with Crippen LogP contribution in [0.5, 0.6) is 0 Å². The molecule has 106 valence electrons. The molecule has 0 aliphatic carbocycles. The van der Waals surface area contributed by atoms with Crippen molar-refractivity contribution < 1.29 is 9.90 Å². The number of hydrogen-bond acceptors (Lipinski definition) is 4. The Kier molecular flexibility index (Phi) is 5.36. The molecule has 0 aromatic carbocycles. The molecule has 0 spiro atoms. The third-order valence-electron chi connectivity index (χ3n) is 3.60. The van der Waals surface area contributed by atoms with Gasteiger partial charge in [0.05, 0.1) is 6.54 Å². The Labute approximate surface area is 118 Å². The van der Waals surface area contributed by atoms with Crippen molar-refractivity contribution in [2.24, 2.45) is 0 Å². The minimum Gasteiger partial charge on any atom is -0.396 e. The Morgan fingerprint density at radius 2 is 2.42 bits per heavy atom. The maximum Gasteiger partial charge on any atom is 0.237 e. The lowest BCUT2D eigenvalue weighted by atomic mass is 10.1. The van der Waals surface area contributed by atoms with E-state index in [0.717, 1.165) is 39.0 Å². The summed E-state index contributed by atoms with van der Waals surface area (Å²) in [5.74, 6) is 0.205. The molecule has 1 aliphatic heterocycles. The molecule has 2 rings (SSSR count). The van der Waals surface area contributed by atoms with Gasteiger partial charge in [0.15, 0.2) is 0 Å². The summed E-state index contributed by atoms with van der Waals surface area (Å²) in [5.41, 5.74) is 1.31. The smallest absolute Gasteiger partial charge is 0.237 e. The first-order chi connectivity index (χ1) is 9.24. The molecule has 0 unspecified atom stereocenters. The molecule has 0 atom stereocenters. The number of nitrogens with zero attached hydrogens (tertiary/aromatic N) is 2. The summed E-state index contributed by atoms with van der Waals surface area (Å²) in [7, 11) is 0. The number of aliphatic hydroxyl groups excluding tert-OH is 1. The third kappa shape index (κ3) is 3.78. The summed E-state index contributed by atoms with van der Waals surface area (Å²) in [6, 6.07) is 2.13. The fourth-order valence-electron chi connectivity index (χ4n) is 2.40. The van der Waals surface area contributed by atoms with Crippen molar-refractivity contribution in [1.29, 1.82) is 0 Å². The number of hydrogen-bond donors (Lipinski definition) is 1. The van der Waals surface area contributed by atoms with E-state index in [4.69, 9.17) is 5.11 Å². The number of thiophene rings is 1. The van der Waals surface area contributed by atoms with Crippen LogP contribution in [0.4, 0.5) is 0 Å². The Hall–Kier alpha value is -0.910. The number of fused-ring (bicyclic) bond motifs is 1. The van der Waals surface area contributed by atoms with Crippen molar-refractivity contribution in [1.82, 2.24) is 9.80 Å². The zero-order valence-corrected chi connectivity index (χ0v) is 12.3. The first kappa shape index (κ1) is 14.5. The van der Waals surface area contributed by atoms with Gasteiger partial charge in [-0.2, -0.15) is 0 Å². The van der Waals surface area contributed by atoms with Gasteiger partial charge < -0.3 is 10.0 Å². The standard InChI is InChI=1S/C14H22N2O2S/c1-2-15(6-3-8-17)11-14(18)16-7-4-13-12(10-16)5-9-19-13/h5,9,17H,2-4,6-8,10-11H2,1H3. The van der Waals surface area contributed by atoms with Crippen molar-refractivity contribution in [2.75, 3.05) is 32.8 Å². The SMILES string of the molecule is CCN(CCCO)CC(=O)N1CCc2sccc2C1. The number of rotatable bonds is 6. The molecule has 1 aliphatic rings. The summed E-state index contributed by atoms with van der Waals surface area (Å²) >= 11 is 1.79. The van der Waals surface area contributed by atoms with Crippen molar-refractivity contribution in [3.05, 3.63) is 21.9 Å². The Morgan fingerprint density at radius 3 is 3.16 bits per heavy atom. The molecule has 5 heteroatoms. The second kappa shape index (κ2) is 7.03. The molecular weight excluding hydrogens is 260 g/mol. The van der Waals surface area contributed by atoms with Gasteiger partial charge in [0.25, 0.3) is 0 Å². The first-order valence-electron chi connectivity index (χ1n) is 6.90. The maximum atomic E-state index is 12.3. The van der Waals surface area contributed by atoms with Crippen LogP contribution in [0.2, 0.25) is 0 Å². The van der Waals surface area contributed by atoms with Crippen LogP contribution < -0.4 is 0 Å². The predicted octanol–water partition coefficient (Wildman–Crippen LogP) is 1.34. The number of amides is 1. The topological polar surface area (TPSA) is 43.8 Å². The zero-order valence-electron chi connectivity index (χ0n) is 11.5. The van der Waals surface area contributed by atoms with Crippen molar-refractivity contribution in [3.8, 4) is 0 Å². The molecule has 1 N–H and O–H groups in total. The van der Waals surface area contributed by atoms with Gasteiger partial charge in [-0.3, -0.25) is 9.69 Å². The van der Waals surface area contributed by atoms with Crippen molar-refractivity contribution in [3.63, 3.8) is 0 Å². The first-order valence-corrected chi connectivity index (χ1v) is 7.78. The van der Waals surface area contributed by atoms with E-state index >= 15 is 0 Å². The Balaban J connectivity index is 1.86. The number of likely N-dealkylation sites (N-methyl/N-ethyl adjacent to an activating group) is 1. The fourth-order valence-corrected chi connectivity index (χ4v) is 3.29. The van der Waals surface area contributed by atoms with Crippen LogP contribution in [-0.4, -0.2) is 53.6 Å². The van der Waals surface area contributed by atoms with Gasteiger partial charge in [0.2, 0.25) is 5.91 Å². The van der Waals surface area contributed by atoms with E-state index in [0.29, 0.717) is 6.54 Å². The molecule has 0 radical (unpaired) electrons. The lowest BCUT2D eigenvalue weighted by Gasteiger charge is -2.29. The Bertz CT molecular complexity index is 419. The lowest BCUT2D eigenvalue weighted by molar-refractivity contribution is -0.133. The monoisotopic (exact) mass is 282 g/mol. The van der Waals surface area contributed by atoms with Gasteiger partial charge in [-0.25, -0.2) is 0 Å². The van der Waals surface area contributed by atoms with E-state index in [1.54, 1.807) is 11.3 Å².